The second kappa shape index (κ2) is 4.97. The van der Waals surface area contributed by atoms with Crippen molar-refractivity contribution < 1.29 is 9.90 Å². The maximum atomic E-state index is 11.2. The number of carboxylic acid groups (broad SMARTS) is 1. The highest BCUT2D eigenvalue weighted by Crippen LogP contribution is 2.33. The average molecular weight is 256 g/mol. The largest absolute Gasteiger partial charge is 0.480 e. The first kappa shape index (κ1) is 12.1. The van der Waals surface area contributed by atoms with Crippen LogP contribution >= 0.6 is 0 Å². The van der Waals surface area contributed by atoms with Gasteiger partial charge in [-0.25, -0.2) is 0 Å². The Kier molecular flexibility index (Phi) is 3.17. The van der Waals surface area contributed by atoms with E-state index in [-0.39, 0.29) is 0 Å². The van der Waals surface area contributed by atoms with E-state index < -0.39 is 12.0 Å². The summed E-state index contributed by atoms with van der Waals surface area (Å²) in [6, 6.07) is 7.59. The van der Waals surface area contributed by atoms with Crippen molar-refractivity contribution in [2.45, 2.75) is 25.4 Å². The van der Waals surface area contributed by atoms with E-state index in [0.717, 1.165) is 29.2 Å². The maximum Gasteiger partial charge on any atom is 0.320 e. The van der Waals surface area contributed by atoms with Crippen molar-refractivity contribution in [3.8, 4) is 0 Å². The molecule has 0 spiro atoms. The van der Waals surface area contributed by atoms with Gasteiger partial charge in [0.1, 0.15) is 6.04 Å². The van der Waals surface area contributed by atoms with E-state index in [9.17, 15) is 9.90 Å². The van der Waals surface area contributed by atoms with Crippen molar-refractivity contribution in [3.05, 3.63) is 42.2 Å². The highest BCUT2D eigenvalue weighted by molar-refractivity contribution is 5.84. The fourth-order valence-corrected chi connectivity index (χ4v) is 2.43. The van der Waals surface area contributed by atoms with Gasteiger partial charge in [-0.1, -0.05) is 24.3 Å². The Morgan fingerprint density at radius 1 is 1.37 bits per heavy atom. The first-order valence-corrected chi connectivity index (χ1v) is 6.53. The molecular weight excluding hydrogens is 240 g/mol. The minimum absolute atomic E-state index is 0.292. The fraction of sp³-hybridized carbons (Fsp3) is 0.333. The quantitative estimate of drug-likeness (QED) is 0.860. The number of aliphatic carboxylic acids is 1. The second-order valence-corrected chi connectivity index (χ2v) is 5.05. The number of aromatic nitrogens is 1. The van der Waals surface area contributed by atoms with E-state index in [2.05, 4.69) is 10.3 Å². The second-order valence-electron chi connectivity index (χ2n) is 5.05. The first-order valence-electron chi connectivity index (χ1n) is 6.53. The van der Waals surface area contributed by atoms with Gasteiger partial charge in [-0.2, -0.15) is 0 Å². The molecule has 98 valence electrons. The number of nitrogens with one attached hydrogen (secondary N) is 1. The molecule has 0 bridgehead atoms. The molecule has 1 aromatic heterocycles. The van der Waals surface area contributed by atoms with E-state index in [1.54, 1.807) is 6.20 Å². The van der Waals surface area contributed by atoms with Crippen LogP contribution in [-0.4, -0.2) is 22.1 Å². The molecule has 0 aliphatic heterocycles. The SMILES string of the molecule is O=C(O)C(NCc1cncc2ccccc12)C1CC1. The van der Waals surface area contributed by atoms with Crippen molar-refractivity contribution in [2.75, 3.05) is 0 Å². The van der Waals surface area contributed by atoms with Crippen LogP contribution in [0.5, 0.6) is 0 Å². The Morgan fingerprint density at radius 2 is 2.16 bits per heavy atom. The minimum Gasteiger partial charge on any atom is -0.480 e. The van der Waals surface area contributed by atoms with E-state index >= 15 is 0 Å². The van der Waals surface area contributed by atoms with Crippen molar-refractivity contribution in [3.63, 3.8) is 0 Å². The molecule has 0 amide bonds. The first-order chi connectivity index (χ1) is 9.25. The molecule has 1 aliphatic carbocycles. The van der Waals surface area contributed by atoms with Gasteiger partial charge < -0.3 is 5.11 Å². The van der Waals surface area contributed by atoms with E-state index in [1.807, 2.05) is 30.5 Å². The highest BCUT2D eigenvalue weighted by Gasteiger charge is 2.35. The van der Waals surface area contributed by atoms with Crippen LogP contribution in [0.1, 0.15) is 18.4 Å². The topological polar surface area (TPSA) is 62.2 Å². The number of pyridine rings is 1. The molecule has 2 aromatic rings. The molecule has 1 aliphatic rings. The third-order valence-corrected chi connectivity index (χ3v) is 3.62. The van der Waals surface area contributed by atoms with Crippen LogP contribution < -0.4 is 5.32 Å². The van der Waals surface area contributed by atoms with Crippen LogP contribution in [0.15, 0.2) is 36.7 Å². The predicted molar refractivity (Wildman–Crippen MR) is 72.7 cm³/mol. The molecule has 3 rings (SSSR count). The molecule has 1 heterocycles. The number of hydrogen-bond donors (Lipinski definition) is 2. The normalized spacial score (nSPS) is 16.4. The van der Waals surface area contributed by atoms with Crippen LogP contribution in [0.2, 0.25) is 0 Å². The number of carbonyl (C=O) groups is 1. The molecule has 1 saturated carbocycles. The van der Waals surface area contributed by atoms with E-state index in [4.69, 9.17) is 0 Å². The molecule has 0 radical (unpaired) electrons. The Balaban J connectivity index is 1.79. The molecule has 0 saturated heterocycles. The van der Waals surface area contributed by atoms with Crippen molar-refractivity contribution in [1.82, 2.24) is 10.3 Å². The summed E-state index contributed by atoms with van der Waals surface area (Å²) in [5, 5.41) is 14.6. The monoisotopic (exact) mass is 256 g/mol. The van der Waals surface area contributed by atoms with Crippen LogP contribution in [0.4, 0.5) is 0 Å². The van der Waals surface area contributed by atoms with Gasteiger partial charge in [0.05, 0.1) is 0 Å². The number of hydrogen-bond acceptors (Lipinski definition) is 3. The molecule has 1 aromatic carbocycles. The van der Waals surface area contributed by atoms with Crippen LogP contribution in [-0.2, 0) is 11.3 Å². The van der Waals surface area contributed by atoms with Gasteiger partial charge in [-0.15, -0.1) is 0 Å². The van der Waals surface area contributed by atoms with Crippen LogP contribution in [0.3, 0.4) is 0 Å². The van der Waals surface area contributed by atoms with Gasteiger partial charge in [-0.05, 0) is 29.7 Å². The standard InChI is InChI=1S/C15H16N2O2/c18-15(19)14(10-5-6-10)17-9-12-8-16-7-11-3-1-2-4-13(11)12/h1-4,7-8,10,14,17H,5-6,9H2,(H,18,19). The Hall–Kier alpha value is -1.94. The third kappa shape index (κ3) is 2.58. The smallest absolute Gasteiger partial charge is 0.320 e. The van der Waals surface area contributed by atoms with Gasteiger partial charge in [0, 0.05) is 24.3 Å². The molecule has 4 nitrogen and oxygen atoms in total. The number of carboxylic acids is 1. The zero-order valence-corrected chi connectivity index (χ0v) is 10.5. The van der Waals surface area contributed by atoms with E-state index in [1.165, 1.54) is 0 Å². The molecule has 1 unspecified atom stereocenters. The number of rotatable bonds is 5. The summed E-state index contributed by atoms with van der Waals surface area (Å²) in [5.41, 5.74) is 1.05. The average Bonchev–Trinajstić information content (AvgIpc) is 3.23. The van der Waals surface area contributed by atoms with Crippen molar-refractivity contribution in [2.24, 2.45) is 5.92 Å². The third-order valence-electron chi connectivity index (χ3n) is 3.62. The molecule has 19 heavy (non-hydrogen) atoms. The molecule has 1 atom stereocenters. The van der Waals surface area contributed by atoms with Crippen molar-refractivity contribution in [1.29, 1.82) is 0 Å². The van der Waals surface area contributed by atoms with Gasteiger partial charge in [0.2, 0.25) is 0 Å². The number of nitrogens with zero attached hydrogens (tertiary/aromatic N) is 1. The summed E-state index contributed by atoms with van der Waals surface area (Å²) < 4.78 is 0. The summed E-state index contributed by atoms with van der Waals surface area (Å²) in [4.78, 5) is 15.4. The Bertz CT molecular complexity index is 603. The summed E-state index contributed by atoms with van der Waals surface area (Å²) in [6.45, 7) is 0.543. The predicted octanol–water partition coefficient (Wildman–Crippen LogP) is 2.19. The maximum absolute atomic E-state index is 11.2. The zero-order valence-electron chi connectivity index (χ0n) is 10.5. The lowest BCUT2D eigenvalue weighted by atomic mass is 10.1. The highest BCUT2D eigenvalue weighted by atomic mass is 16.4. The van der Waals surface area contributed by atoms with Gasteiger partial charge in [0.25, 0.3) is 0 Å². The van der Waals surface area contributed by atoms with E-state index in [0.29, 0.717) is 12.5 Å². The zero-order chi connectivity index (χ0) is 13.2. The molecule has 1 fully saturated rings. The van der Waals surface area contributed by atoms with Crippen LogP contribution in [0, 0.1) is 5.92 Å². The number of benzene rings is 1. The lowest BCUT2D eigenvalue weighted by Gasteiger charge is -2.14. The Labute approximate surface area is 111 Å². The lowest BCUT2D eigenvalue weighted by Crippen LogP contribution is -2.38. The van der Waals surface area contributed by atoms with Crippen molar-refractivity contribution >= 4 is 16.7 Å². The molecule has 2 N–H and O–H groups in total. The Morgan fingerprint density at radius 3 is 2.89 bits per heavy atom. The fourth-order valence-electron chi connectivity index (χ4n) is 2.43. The summed E-state index contributed by atoms with van der Waals surface area (Å²) in [7, 11) is 0. The molecular formula is C15H16N2O2. The van der Waals surface area contributed by atoms with Gasteiger partial charge >= 0.3 is 5.97 Å². The summed E-state index contributed by atoms with van der Waals surface area (Å²) in [6.07, 6.45) is 5.66. The summed E-state index contributed by atoms with van der Waals surface area (Å²) >= 11 is 0. The summed E-state index contributed by atoms with van der Waals surface area (Å²) in [5.74, 6) is -0.462. The minimum atomic E-state index is -0.754. The lowest BCUT2D eigenvalue weighted by molar-refractivity contribution is -0.140. The molecule has 4 heteroatoms. The van der Waals surface area contributed by atoms with Crippen LogP contribution in [0.25, 0.3) is 10.8 Å². The van der Waals surface area contributed by atoms with Gasteiger partial charge in [0.15, 0.2) is 0 Å². The van der Waals surface area contributed by atoms with Gasteiger partial charge in [-0.3, -0.25) is 15.1 Å². The number of fused-ring (bicyclic) bond motifs is 1.